The lowest BCUT2D eigenvalue weighted by molar-refractivity contribution is 0.00520. The molecule has 5 aromatic rings. The van der Waals surface area contributed by atoms with Gasteiger partial charge in [-0.1, -0.05) is 90.4 Å². The van der Waals surface area contributed by atoms with E-state index in [0.717, 1.165) is 38.4 Å². The van der Waals surface area contributed by atoms with Gasteiger partial charge in [0.2, 0.25) is 5.88 Å². The van der Waals surface area contributed by atoms with Crippen LogP contribution in [-0.2, 0) is 5.60 Å². The molecule has 0 bridgehead atoms. The van der Waals surface area contributed by atoms with Gasteiger partial charge in [0.1, 0.15) is 13.4 Å². The van der Waals surface area contributed by atoms with Crippen molar-refractivity contribution in [3.05, 3.63) is 114 Å². The number of nitrogens with zero attached hydrogens (tertiary/aromatic N) is 2. The van der Waals surface area contributed by atoms with Gasteiger partial charge in [-0.25, -0.2) is 4.98 Å². The molecule has 0 fully saturated rings. The largest absolute Gasteiger partial charge is 0.481 e. The molecule has 184 valence electrons. The van der Waals surface area contributed by atoms with Gasteiger partial charge in [0.05, 0.1) is 12.6 Å². The summed E-state index contributed by atoms with van der Waals surface area (Å²) in [5.74, 6) is 0.0439. The summed E-state index contributed by atoms with van der Waals surface area (Å²) >= 11 is 0. The number of aromatic nitrogens is 1. The summed E-state index contributed by atoms with van der Waals surface area (Å²) in [6.07, 6.45) is 0.506. The Kier molecular flexibility index (Phi) is 7.01. The quantitative estimate of drug-likeness (QED) is 0.308. The lowest BCUT2D eigenvalue weighted by Crippen LogP contribution is -2.38. The molecule has 0 aliphatic heterocycles. The summed E-state index contributed by atoms with van der Waals surface area (Å²) in [7, 11) is 11.8. The molecule has 5 heteroatoms. The van der Waals surface area contributed by atoms with Crippen molar-refractivity contribution in [2.24, 2.45) is 0 Å². The standard InChI is InChI=1S/C32H31BN2O2/c1-35(2)19-18-32(36,28-15-9-13-22-10-7-8-14-26(22)28)30(23-11-5-4-6-12-23)27-21-24-20-25(33)16-17-29(24)34-31(27)37-3/h4-17,20-21,30,36H,18-19H2,1-3H3. The fourth-order valence-electron chi connectivity index (χ4n) is 5.35. The van der Waals surface area contributed by atoms with Gasteiger partial charge in [0.15, 0.2) is 0 Å². The van der Waals surface area contributed by atoms with E-state index in [4.69, 9.17) is 17.6 Å². The van der Waals surface area contributed by atoms with Crippen LogP contribution in [0.3, 0.4) is 0 Å². The third-order valence-corrected chi connectivity index (χ3v) is 7.14. The van der Waals surface area contributed by atoms with Gasteiger partial charge in [-0.2, -0.15) is 0 Å². The highest BCUT2D eigenvalue weighted by atomic mass is 16.5. The average Bonchev–Trinajstić information content (AvgIpc) is 2.92. The molecule has 37 heavy (non-hydrogen) atoms. The second-order valence-corrected chi connectivity index (χ2v) is 9.89. The molecule has 0 spiro atoms. The molecule has 4 aromatic carbocycles. The second-order valence-electron chi connectivity index (χ2n) is 9.89. The summed E-state index contributed by atoms with van der Waals surface area (Å²) in [6.45, 7) is 0.694. The number of hydrogen-bond acceptors (Lipinski definition) is 4. The summed E-state index contributed by atoms with van der Waals surface area (Å²) in [4.78, 5) is 6.95. The molecule has 1 N–H and O–H groups in total. The molecule has 0 aliphatic carbocycles. The van der Waals surface area contributed by atoms with Crippen molar-refractivity contribution >= 4 is 35.0 Å². The van der Waals surface area contributed by atoms with Crippen LogP contribution >= 0.6 is 0 Å². The Morgan fingerprint density at radius 3 is 2.38 bits per heavy atom. The van der Waals surface area contributed by atoms with Crippen molar-refractivity contribution in [2.45, 2.75) is 17.9 Å². The van der Waals surface area contributed by atoms with Crippen molar-refractivity contribution in [3.8, 4) is 5.88 Å². The first-order valence-electron chi connectivity index (χ1n) is 12.5. The van der Waals surface area contributed by atoms with Crippen LogP contribution in [0.4, 0.5) is 0 Å². The van der Waals surface area contributed by atoms with Crippen LogP contribution in [0.15, 0.2) is 97.1 Å². The molecule has 0 amide bonds. The first-order valence-corrected chi connectivity index (χ1v) is 12.5. The highest BCUT2D eigenvalue weighted by Crippen LogP contribution is 2.48. The van der Waals surface area contributed by atoms with E-state index in [-0.39, 0.29) is 0 Å². The normalized spacial score (nSPS) is 14.1. The lowest BCUT2D eigenvalue weighted by atomic mass is 9.70. The maximum atomic E-state index is 13.0. The van der Waals surface area contributed by atoms with Crippen molar-refractivity contribution in [1.29, 1.82) is 0 Å². The number of hydrogen-bond donors (Lipinski definition) is 1. The number of pyridine rings is 1. The molecule has 0 saturated heterocycles. The number of methoxy groups -OCH3 is 1. The van der Waals surface area contributed by atoms with Crippen LogP contribution in [0.5, 0.6) is 5.88 Å². The van der Waals surface area contributed by atoms with Gasteiger partial charge >= 0.3 is 0 Å². The first-order chi connectivity index (χ1) is 17.9. The number of ether oxygens (including phenoxy) is 1. The minimum atomic E-state index is -1.27. The smallest absolute Gasteiger partial charge is 0.217 e. The zero-order valence-corrected chi connectivity index (χ0v) is 21.6. The maximum Gasteiger partial charge on any atom is 0.217 e. The summed E-state index contributed by atoms with van der Waals surface area (Å²) in [6, 6.07) is 32.3. The third-order valence-electron chi connectivity index (χ3n) is 7.14. The fraction of sp³-hybridized carbons (Fsp3) is 0.219. The molecule has 1 heterocycles. The van der Waals surface area contributed by atoms with Crippen LogP contribution in [0.1, 0.15) is 29.0 Å². The molecule has 5 rings (SSSR count). The zero-order valence-electron chi connectivity index (χ0n) is 21.6. The minimum absolute atomic E-state index is 0.451. The lowest BCUT2D eigenvalue weighted by Gasteiger charge is -2.39. The van der Waals surface area contributed by atoms with Gasteiger partial charge in [0.25, 0.3) is 0 Å². The van der Waals surface area contributed by atoms with E-state index < -0.39 is 11.5 Å². The molecule has 1 aromatic heterocycles. The minimum Gasteiger partial charge on any atom is -0.481 e. The molecule has 2 atom stereocenters. The predicted octanol–water partition coefficient (Wildman–Crippen LogP) is 5.16. The zero-order chi connectivity index (χ0) is 26.0. The maximum absolute atomic E-state index is 13.0. The number of benzene rings is 4. The van der Waals surface area contributed by atoms with Gasteiger partial charge in [0, 0.05) is 23.4 Å². The van der Waals surface area contributed by atoms with E-state index in [1.807, 2.05) is 74.8 Å². The summed E-state index contributed by atoms with van der Waals surface area (Å²) in [5.41, 5.74) is 2.88. The molecule has 0 aliphatic rings. The Morgan fingerprint density at radius 2 is 1.62 bits per heavy atom. The molecule has 2 unspecified atom stereocenters. The van der Waals surface area contributed by atoms with Crippen LogP contribution < -0.4 is 10.2 Å². The Balaban J connectivity index is 1.84. The van der Waals surface area contributed by atoms with Gasteiger partial charge in [-0.3, -0.25) is 0 Å². The van der Waals surface area contributed by atoms with Crippen molar-refractivity contribution in [3.63, 3.8) is 0 Å². The van der Waals surface area contributed by atoms with Crippen LogP contribution in [0.25, 0.3) is 21.7 Å². The van der Waals surface area contributed by atoms with E-state index in [0.29, 0.717) is 24.3 Å². The van der Waals surface area contributed by atoms with Crippen LogP contribution in [-0.4, -0.2) is 50.6 Å². The Bertz CT molecular complexity index is 1530. The highest BCUT2D eigenvalue weighted by molar-refractivity contribution is 6.33. The van der Waals surface area contributed by atoms with E-state index in [1.54, 1.807) is 7.11 Å². The van der Waals surface area contributed by atoms with Gasteiger partial charge in [-0.15, -0.1) is 0 Å². The van der Waals surface area contributed by atoms with Gasteiger partial charge < -0.3 is 14.7 Å². The van der Waals surface area contributed by atoms with E-state index in [9.17, 15) is 5.11 Å². The van der Waals surface area contributed by atoms with Gasteiger partial charge in [-0.05, 0) is 54.5 Å². The third kappa shape index (κ3) is 4.85. The highest BCUT2D eigenvalue weighted by Gasteiger charge is 2.43. The Labute approximate surface area is 220 Å². The number of aliphatic hydroxyl groups is 1. The molecule has 2 radical (unpaired) electrons. The fourth-order valence-corrected chi connectivity index (χ4v) is 5.35. The Hall–Kier alpha value is -3.67. The van der Waals surface area contributed by atoms with Crippen LogP contribution in [0, 0.1) is 0 Å². The van der Waals surface area contributed by atoms with E-state index in [1.165, 1.54) is 0 Å². The summed E-state index contributed by atoms with van der Waals surface area (Å²) < 4.78 is 5.87. The number of rotatable bonds is 8. The monoisotopic (exact) mass is 486 g/mol. The van der Waals surface area contributed by atoms with Crippen LogP contribution in [0.2, 0.25) is 0 Å². The molecule has 0 saturated carbocycles. The molecular weight excluding hydrogens is 455 g/mol. The number of fused-ring (bicyclic) bond motifs is 2. The molecule has 4 nitrogen and oxygen atoms in total. The van der Waals surface area contributed by atoms with Crippen molar-refractivity contribution in [1.82, 2.24) is 9.88 Å². The average molecular weight is 486 g/mol. The van der Waals surface area contributed by atoms with Crippen molar-refractivity contribution < 1.29 is 9.84 Å². The Morgan fingerprint density at radius 1 is 0.892 bits per heavy atom. The first kappa shape index (κ1) is 25.0. The molecular formula is C32H31BN2O2. The topological polar surface area (TPSA) is 45.6 Å². The predicted molar refractivity (Wildman–Crippen MR) is 153 cm³/mol. The summed E-state index contributed by atoms with van der Waals surface area (Å²) in [5, 5.41) is 16.0. The SMILES string of the molecule is [B]c1ccc2nc(OC)c(C(c3ccccc3)C(O)(CCN(C)C)c3cccc4ccccc34)cc2c1. The van der Waals surface area contributed by atoms with Crippen molar-refractivity contribution in [2.75, 3.05) is 27.7 Å². The van der Waals surface area contributed by atoms with E-state index >= 15 is 0 Å². The second kappa shape index (κ2) is 10.4. The van der Waals surface area contributed by atoms with E-state index in [2.05, 4.69) is 41.3 Å².